The molecule has 28 heavy (non-hydrogen) atoms. The number of nitrogens with one attached hydrogen (secondary N) is 2. The van der Waals surface area contributed by atoms with E-state index in [1.165, 1.54) is 12.1 Å². The first-order valence-electron chi connectivity index (χ1n) is 9.49. The van der Waals surface area contributed by atoms with E-state index >= 15 is 0 Å². The van der Waals surface area contributed by atoms with Gasteiger partial charge in [-0.2, -0.15) is 5.10 Å². The van der Waals surface area contributed by atoms with Crippen molar-refractivity contribution in [1.29, 1.82) is 0 Å². The number of unbranched alkanes of at least 4 members (excludes halogenated alkanes) is 2. The van der Waals surface area contributed by atoms with Crippen LogP contribution in [0.1, 0.15) is 31.4 Å². The number of carbonyl (C=O) groups is 1. The quantitative estimate of drug-likeness (QED) is 0.584. The minimum Gasteiger partial charge on any atom is -0.392 e. The van der Waals surface area contributed by atoms with Gasteiger partial charge in [0.05, 0.1) is 17.8 Å². The number of benzene rings is 1. The lowest BCUT2D eigenvalue weighted by Gasteiger charge is -2.21. The van der Waals surface area contributed by atoms with Crippen molar-refractivity contribution in [2.45, 2.75) is 44.2 Å². The van der Waals surface area contributed by atoms with E-state index in [9.17, 15) is 14.3 Å². The molecule has 0 saturated carbocycles. The minimum atomic E-state index is -0.415. The summed E-state index contributed by atoms with van der Waals surface area (Å²) in [5.41, 5.74) is 2.77. The van der Waals surface area contributed by atoms with Gasteiger partial charge in [0.1, 0.15) is 5.82 Å². The average Bonchev–Trinajstić information content (AvgIpc) is 3.30. The molecule has 2 unspecified atom stereocenters. The van der Waals surface area contributed by atoms with E-state index in [1.807, 2.05) is 13.1 Å². The molecule has 2 atom stereocenters. The van der Waals surface area contributed by atoms with E-state index < -0.39 is 6.10 Å². The second-order valence-corrected chi connectivity index (χ2v) is 7.21. The number of likely N-dealkylation sites (N-methyl/N-ethyl adjacent to an activating group) is 1. The summed E-state index contributed by atoms with van der Waals surface area (Å²) >= 11 is 0. The lowest BCUT2D eigenvalue weighted by atomic mass is 10.1. The van der Waals surface area contributed by atoms with Crippen LogP contribution in [0.2, 0.25) is 0 Å². The van der Waals surface area contributed by atoms with Gasteiger partial charge in [-0.3, -0.25) is 9.89 Å². The normalized spacial score (nSPS) is 18.7. The first-order chi connectivity index (χ1) is 13.0. The van der Waals surface area contributed by atoms with Crippen LogP contribution in [0.4, 0.5) is 4.39 Å². The second kappa shape index (κ2) is 10.5. The molecule has 2 aromatic rings. The van der Waals surface area contributed by atoms with Crippen LogP contribution in [-0.4, -0.2) is 58.4 Å². The van der Waals surface area contributed by atoms with Gasteiger partial charge in [-0.1, -0.05) is 6.42 Å². The lowest BCUT2D eigenvalue weighted by molar-refractivity contribution is -0.132. The number of hydrogen-bond donors (Lipinski definition) is 3. The maximum Gasteiger partial charge on any atom is 0.239 e. The van der Waals surface area contributed by atoms with Gasteiger partial charge < -0.3 is 15.3 Å². The lowest BCUT2D eigenvalue weighted by Crippen LogP contribution is -2.41. The predicted molar refractivity (Wildman–Crippen MR) is 109 cm³/mol. The van der Waals surface area contributed by atoms with Crippen molar-refractivity contribution >= 4 is 18.3 Å². The number of hydrogen-bond acceptors (Lipinski definition) is 4. The van der Waals surface area contributed by atoms with Crippen LogP contribution in [0.25, 0.3) is 11.3 Å². The molecule has 6 nitrogen and oxygen atoms in total. The topological polar surface area (TPSA) is 81.2 Å². The standard InChI is InChI=1S/C20H27FN4O2.ClH/c1-25(20(27)19-12-17(26)13-22-19)10-4-2-3-5-16-11-18(24-23-16)14-6-8-15(21)9-7-14;/h6-9,11,17,19,22,26H,2-5,10,12-13H2,1H3,(H,23,24);1H. The fraction of sp³-hybridized carbons (Fsp3) is 0.500. The molecule has 1 aliphatic heterocycles. The van der Waals surface area contributed by atoms with Gasteiger partial charge in [0, 0.05) is 31.4 Å². The summed E-state index contributed by atoms with van der Waals surface area (Å²) < 4.78 is 13.0. The third-order valence-electron chi connectivity index (χ3n) is 4.99. The summed E-state index contributed by atoms with van der Waals surface area (Å²) in [5.74, 6) is -0.193. The summed E-state index contributed by atoms with van der Waals surface area (Å²) in [5, 5.41) is 19.9. The van der Waals surface area contributed by atoms with E-state index in [2.05, 4.69) is 15.5 Å². The Hall–Kier alpha value is -1.96. The van der Waals surface area contributed by atoms with Crippen LogP contribution in [0.15, 0.2) is 30.3 Å². The fourth-order valence-corrected chi connectivity index (χ4v) is 3.38. The Labute approximate surface area is 170 Å². The van der Waals surface area contributed by atoms with Crippen LogP contribution >= 0.6 is 12.4 Å². The van der Waals surface area contributed by atoms with Crippen molar-refractivity contribution < 1.29 is 14.3 Å². The zero-order valence-corrected chi connectivity index (χ0v) is 16.8. The molecule has 1 fully saturated rings. The van der Waals surface area contributed by atoms with Crippen molar-refractivity contribution in [3.63, 3.8) is 0 Å². The summed E-state index contributed by atoms with van der Waals surface area (Å²) in [4.78, 5) is 14.0. The van der Waals surface area contributed by atoms with Crippen molar-refractivity contribution in [3.05, 3.63) is 41.8 Å². The van der Waals surface area contributed by atoms with Crippen LogP contribution in [0.3, 0.4) is 0 Å². The summed E-state index contributed by atoms with van der Waals surface area (Å²) in [6.45, 7) is 1.21. The highest BCUT2D eigenvalue weighted by Crippen LogP contribution is 2.19. The second-order valence-electron chi connectivity index (χ2n) is 7.21. The van der Waals surface area contributed by atoms with E-state index in [-0.39, 0.29) is 30.2 Å². The number of aromatic nitrogens is 2. The Balaban J connectivity index is 0.00000280. The molecule has 0 aliphatic carbocycles. The van der Waals surface area contributed by atoms with Crippen LogP contribution in [-0.2, 0) is 11.2 Å². The molecule has 1 aromatic heterocycles. The van der Waals surface area contributed by atoms with Gasteiger partial charge in [-0.25, -0.2) is 4.39 Å². The number of H-pyrrole nitrogens is 1. The largest absolute Gasteiger partial charge is 0.392 e. The number of rotatable bonds is 8. The van der Waals surface area contributed by atoms with Gasteiger partial charge in [0.2, 0.25) is 5.91 Å². The van der Waals surface area contributed by atoms with Crippen molar-refractivity contribution in [3.8, 4) is 11.3 Å². The Morgan fingerprint density at radius 1 is 1.29 bits per heavy atom. The molecule has 8 heteroatoms. The Bertz CT molecular complexity index is 753. The molecule has 3 rings (SSSR count). The summed E-state index contributed by atoms with van der Waals surface area (Å²) in [7, 11) is 1.82. The summed E-state index contributed by atoms with van der Waals surface area (Å²) in [6.07, 6.45) is 3.94. The maximum atomic E-state index is 13.0. The number of aliphatic hydroxyl groups excluding tert-OH is 1. The number of nitrogens with zero attached hydrogens (tertiary/aromatic N) is 2. The van der Waals surface area contributed by atoms with E-state index in [0.717, 1.165) is 49.2 Å². The highest BCUT2D eigenvalue weighted by atomic mass is 35.5. The third-order valence-corrected chi connectivity index (χ3v) is 4.99. The molecular formula is C20H28ClFN4O2. The van der Waals surface area contributed by atoms with Gasteiger partial charge in [0.15, 0.2) is 0 Å². The number of aromatic amines is 1. The molecule has 0 spiro atoms. The number of amides is 1. The molecule has 3 N–H and O–H groups in total. The van der Waals surface area contributed by atoms with Crippen molar-refractivity contribution in [1.82, 2.24) is 20.4 Å². The highest BCUT2D eigenvalue weighted by Gasteiger charge is 2.29. The Kier molecular flexibility index (Phi) is 8.41. The predicted octanol–water partition coefficient (Wildman–Crippen LogP) is 2.53. The van der Waals surface area contributed by atoms with Gasteiger partial charge in [0.25, 0.3) is 0 Å². The molecular weight excluding hydrogens is 383 g/mol. The van der Waals surface area contributed by atoms with Crippen molar-refractivity contribution in [2.75, 3.05) is 20.1 Å². The number of carbonyl (C=O) groups excluding carboxylic acids is 1. The molecule has 0 bridgehead atoms. The summed E-state index contributed by atoms with van der Waals surface area (Å²) in [6, 6.07) is 8.06. The number of halogens is 2. The van der Waals surface area contributed by atoms with Crippen molar-refractivity contribution in [2.24, 2.45) is 0 Å². The molecule has 154 valence electrons. The maximum absolute atomic E-state index is 13.0. The third kappa shape index (κ3) is 6.02. The molecule has 1 aliphatic rings. The number of aliphatic hydroxyl groups is 1. The fourth-order valence-electron chi connectivity index (χ4n) is 3.38. The molecule has 1 aromatic carbocycles. The Morgan fingerprint density at radius 3 is 2.71 bits per heavy atom. The van der Waals surface area contributed by atoms with Gasteiger partial charge in [-0.15, -0.1) is 12.4 Å². The molecule has 0 radical (unpaired) electrons. The zero-order valence-electron chi connectivity index (χ0n) is 16.0. The van der Waals surface area contributed by atoms with Gasteiger partial charge >= 0.3 is 0 Å². The van der Waals surface area contributed by atoms with Gasteiger partial charge in [-0.05, 0) is 56.0 Å². The molecule has 2 heterocycles. The van der Waals surface area contributed by atoms with Crippen LogP contribution < -0.4 is 5.32 Å². The highest BCUT2D eigenvalue weighted by molar-refractivity contribution is 5.85. The smallest absolute Gasteiger partial charge is 0.239 e. The monoisotopic (exact) mass is 410 g/mol. The minimum absolute atomic E-state index is 0. The zero-order chi connectivity index (χ0) is 19.2. The first-order valence-corrected chi connectivity index (χ1v) is 9.49. The Morgan fingerprint density at radius 2 is 2.04 bits per heavy atom. The number of β-amino-alcohol motifs (C(OH)–C–C–N with tert-alkyl or cyclic N) is 1. The van der Waals surface area contributed by atoms with E-state index in [0.29, 0.717) is 13.0 Å². The average molecular weight is 411 g/mol. The first kappa shape index (κ1) is 22.3. The molecule has 1 saturated heterocycles. The van der Waals surface area contributed by atoms with Crippen LogP contribution in [0.5, 0.6) is 0 Å². The van der Waals surface area contributed by atoms with Crippen LogP contribution in [0, 0.1) is 5.82 Å². The van der Waals surface area contributed by atoms with E-state index in [1.54, 1.807) is 17.0 Å². The SMILES string of the molecule is CN(CCCCCc1cc(-c2ccc(F)cc2)n[nH]1)C(=O)C1CC(O)CN1.Cl. The van der Waals surface area contributed by atoms with E-state index in [4.69, 9.17) is 0 Å². The number of aryl methyl sites for hydroxylation is 1. The molecule has 1 amide bonds.